The van der Waals surface area contributed by atoms with Crippen molar-refractivity contribution in [3.8, 4) is 5.75 Å². The molecule has 0 aromatic heterocycles. The normalized spacial score (nSPS) is 17.8. The molecule has 126 valence electrons. The molecule has 1 heterocycles. The van der Waals surface area contributed by atoms with Gasteiger partial charge in [-0.15, -0.1) is 0 Å². The fourth-order valence-corrected chi connectivity index (χ4v) is 3.02. The molecule has 0 spiro atoms. The van der Waals surface area contributed by atoms with Gasteiger partial charge in [0.05, 0.1) is 17.5 Å². The number of halogens is 2. The summed E-state index contributed by atoms with van der Waals surface area (Å²) < 4.78 is 5.53. The van der Waals surface area contributed by atoms with Crippen LogP contribution in [0.5, 0.6) is 5.75 Å². The van der Waals surface area contributed by atoms with E-state index in [1.165, 1.54) is 0 Å². The van der Waals surface area contributed by atoms with E-state index in [0.29, 0.717) is 54.8 Å². The number of hydrogen-bond donors (Lipinski definition) is 1. The first-order valence-electron chi connectivity index (χ1n) is 7.56. The van der Waals surface area contributed by atoms with Crippen LogP contribution in [0.2, 0.25) is 10.0 Å². The maximum Gasteiger partial charge on any atom is 0.308 e. The van der Waals surface area contributed by atoms with E-state index in [9.17, 15) is 9.59 Å². The predicted molar refractivity (Wildman–Crippen MR) is 88.1 cm³/mol. The number of rotatable bonds is 6. The number of piperidine rings is 1. The van der Waals surface area contributed by atoms with Crippen LogP contribution in [0.1, 0.15) is 25.7 Å². The van der Waals surface area contributed by atoms with Gasteiger partial charge in [0, 0.05) is 24.5 Å². The summed E-state index contributed by atoms with van der Waals surface area (Å²) in [6.07, 6.45) is 2.25. The second kappa shape index (κ2) is 8.41. The molecule has 5 nitrogen and oxygen atoms in total. The van der Waals surface area contributed by atoms with Crippen LogP contribution in [0.15, 0.2) is 18.2 Å². The fraction of sp³-hybridized carbons (Fsp3) is 0.500. The number of amides is 1. The van der Waals surface area contributed by atoms with Crippen LogP contribution < -0.4 is 4.74 Å². The molecule has 7 heteroatoms. The van der Waals surface area contributed by atoms with Gasteiger partial charge < -0.3 is 14.7 Å². The van der Waals surface area contributed by atoms with Crippen molar-refractivity contribution < 1.29 is 19.4 Å². The number of likely N-dealkylation sites (tertiary alicyclic amines) is 1. The minimum Gasteiger partial charge on any atom is -0.492 e. The van der Waals surface area contributed by atoms with Gasteiger partial charge in [-0.25, -0.2) is 0 Å². The summed E-state index contributed by atoms with van der Waals surface area (Å²) in [5.41, 5.74) is 0. The smallest absolute Gasteiger partial charge is 0.308 e. The molecule has 1 saturated heterocycles. The lowest BCUT2D eigenvalue weighted by molar-refractivity contribution is -0.145. The second-order valence-corrected chi connectivity index (χ2v) is 6.39. The number of carbonyl (C=O) groups is 2. The lowest BCUT2D eigenvalue weighted by Gasteiger charge is -2.30. The van der Waals surface area contributed by atoms with E-state index in [1.807, 2.05) is 0 Å². The first-order valence-corrected chi connectivity index (χ1v) is 8.31. The average Bonchev–Trinajstić information content (AvgIpc) is 2.53. The van der Waals surface area contributed by atoms with Crippen molar-refractivity contribution in [3.05, 3.63) is 28.2 Å². The van der Waals surface area contributed by atoms with Gasteiger partial charge in [0.1, 0.15) is 5.75 Å². The van der Waals surface area contributed by atoms with Gasteiger partial charge in [0.2, 0.25) is 5.91 Å². The number of ether oxygens (including phenoxy) is 1. The summed E-state index contributed by atoms with van der Waals surface area (Å²) in [6.45, 7) is 1.30. The highest BCUT2D eigenvalue weighted by atomic mass is 35.5. The van der Waals surface area contributed by atoms with Gasteiger partial charge in [0.15, 0.2) is 0 Å². The van der Waals surface area contributed by atoms with Crippen molar-refractivity contribution in [2.75, 3.05) is 19.7 Å². The SMILES string of the molecule is O=C(O)[C@H]1CCCN(C(=O)CCCOc2ccc(Cl)cc2Cl)C1. The molecule has 1 aromatic rings. The van der Waals surface area contributed by atoms with E-state index in [4.69, 9.17) is 33.0 Å². The summed E-state index contributed by atoms with van der Waals surface area (Å²) in [5.74, 6) is -0.769. The molecule has 0 bridgehead atoms. The Morgan fingerprint density at radius 3 is 2.83 bits per heavy atom. The molecule has 1 atom stereocenters. The van der Waals surface area contributed by atoms with E-state index in [0.717, 1.165) is 6.42 Å². The maximum atomic E-state index is 12.1. The molecule has 1 amide bonds. The van der Waals surface area contributed by atoms with Gasteiger partial charge in [0.25, 0.3) is 0 Å². The molecule has 0 aliphatic carbocycles. The summed E-state index contributed by atoms with van der Waals surface area (Å²) >= 11 is 11.8. The standard InChI is InChI=1S/C16H19Cl2NO4/c17-12-5-6-14(13(18)9-12)23-8-2-4-15(20)19-7-1-3-11(10-19)16(21)22/h5-6,9,11H,1-4,7-8,10H2,(H,21,22)/t11-/m0/s1. The first kappa shape index (κ1) is 17.9. The highest BCUT2D eigenvalue weighted by molar-refractivity contribution is 6.35. The second-order valence-electron chi connectivity index (χ2n) is 5.54. The minimum absolute atomic E-state index is 0.0262. The molecule has 1 aliphatic heterocycles. The third-order valence-electron chi connectivity index (χ3n) is 3.81. The number of aliphatic carboxylic acids is 1. The van der Waals surface area contributed by atoms with Crippen molar-refractivity contribution in [2.45, 2.75) is 25.7 Å². The van der Waals surface area contributed by atoms with Crippen molar-refractivity contribution in [1.29, 1.82) is 0 Å². The van der Waals surface area contributed by atoms with Crippen molar-refractivity contribution in [3.63, 3.8) is 0 Å². The highest BCUT2D eigenvalue weighted by Gasteiger charge is 2.27. The number of carbonyl (C=O) groups excluding carboxylic acids is 1. The lowest BCUT2D eigenvalue weighted by Crippen LogP contribution is -2.42. The molecule has 1 fully saturated rings. The largest absolute Gasteiger partial charge is 0.492 e. The van der Waals surface area contributed by atoms with E-state index in [2.05, 4.69) is 0 Å². The van der Waals surface area contributed by atoms with Gasteiger partial charge >= 0.3 is 5.97 Å². The van der Waals surface area contributed by atoms with Gasteiger partial charge in [-0.2, -0.15) is 0 Å². The molecule has 0 radical (unpaired) electrons. The topological polar surface area (TPSA) is 66.8 Å². The van der Waals surface area contributed by atoms with E-state index >= 15 is 0 Å². The molecule has 2 rings (SSSR count). The average molecular weight is 360 g/mol. The van der Waals surface area contributed by atoms with E-state index < -0.39 is 11.9 Å². The van der Waals surface area contributed by atoms with Gasteiger partial charge in [-0.05, 0) is 37.5 Å². The zero-order chi connectivity index (χ0) is 16.8. The van der Waals surface area contributed by atoms with Crippen molar-refractivity contribution in [2.24, 2.45) is 5.92 Å². The quantitative estimate of drug-likeness (QED) is 0.789. The molecular weight excluding hydrogens is 341 g/mol. The molecule has 1 aromatic carbocycles. The van der Waals surface area contributed by atoms with Crippen LogP contribution in [-0.4, -0.2) is 41.6 Å². The summed E-state index contributed by atoms with van der Waals surface area (Å²) in [7, 11) is 0. The Morgan fingerprint density at radius 2 is 2.13 bits per heavy atom. The van der Waals surface area contributed by atoms with Crippen LogP contribution in [-0.2, 0) is 9.59 Å². The molecule has 23 heavy (non-hydrogen) atoms. The molecule has 0 unspecified atom stereocenters. The Bertz CT molecular complexity index is 579. The predicted octanol–water partition coefficient (Wildman–Crippen LogP) is 3.48. The van der Waals surface area contributed by atoms with Crippen molar-refractivity contribution >= 4 is 35.1 Å². The monoisotopic (exact) mass is 359 g/mol. The third-order valence-corrected chi connectivity index (χ3v) is 4.34. The highest BCUT2D eigenvalue weighted by Crippen LogP contribution is 2.27. The summed E-state index contributed by atoms with van der Waals surface area (Å²) in [5, 5.41) is 10.0. The van der Waals surface area contributed by atoms with E-state index in [1.54, 1.807) is 23.1 Å². The number of hydrogen-bond acceptors (Lipinski definition) is 3. The molecule has 1 N–H and O–H groups in total. The molecule has 0 saturated carbocycles. The lowest BCUT2D eigenvalue weighted by atomic mass is 9.98. The van der Waals surface area contributed by atoms with Gasteiger partial charge in [-0.3, -0.25) is 9.59 Å². The third kappa shape index (κ3) is 5.29. The minimum atomic E-state index is -0.830. The Labute approximate surface area is 145 Å². The Balaban J connectivity index is 1.73. The number of nitrogens with zero attached hydrogens (tertiary/aromatic N) is 1. The summed E-state index contributed by atoms with van der Waals surface area (Å²) in [4.78, 5) is 24.8. The number of benzene rings is 1. The van der Waals surface area contributed by atoms with Crippen LogP contribution in [0.25, 0.3) is 0 Å². The Morgan fingerprint density at radius 1 is 1.35 bits per heavy atom. The Kier molecular flexibility index (Phi) is 6.54. The molecule has 1 aliphatic rings. The van der Waals surface area contributed by atoms with Crippen LogP contribution in [0.4, 0.5) is 0 Å². The summed E-state index contributed by atoms with van der Waals surface area (Å²) in [6, 6.07) is 4.98. The maximum absolute atomic E-state index is 12.1. The fourth-order valence-electron chi connectivity index (χ4n) is 2.56. The van der Waals surface area contributed by atoms with Crippen LogP contribution in [0.3, 0.4) is 0 Å². The van der Waals surface area contributed by atoms with Crippen molar-refractivity contribution in [1.82, 2.24) is 4.90 Å². The first-order chi connectivity index (χ1) is 11.0. The van der Waals surface area contributed by atoms with E-state index in [-0.39, 0.29) is 5.91 Å². The number of carboxylic acid groups (broad SMARTS) is 1. The Hall–Kier alpha value is -1.46. The van der Waals surface area contributed by atoms with Gasteiger partial charge in [-0.1, -0.05) is 23.2 Å². The molecular formula is C16H19Cl2NO4. The number of carboxylic acids is 1. The zero-order valence-electron chi connectivity index (χ0n) is 12.6. The van der Waals surface area contributed by atoms with Crippen LogP contribution >= 0.6 is 23.2 Å². The zero-order valence-corrected chi connectivity index (χ0v) is 14.1. The van der Waals surface area contributed by atoms with Crippen LogP contribution in [0, 0.1) is 5.92 Å².